The highest BCUT2D eigenvalue weighted by molar-refractivity contribution is 6.31. The van der Waals surface area contributed by atoms with E-state index in [1.807, 2.05) is 6.07 Å². The summed E-state index contributed by atoms with van der Waals surface area (Å²) < 4.78 is 0. The first kappa shape index (κ1) is 13.7. The molecule has 2 rings (SSSR count). The third kappa shape index (κ3) is 3.87. The highest BCUT2D eigenvalue weighted by Crippen LogP contribution is 2.24. The number of hydrogen-bond acceptors (Lipinski definition) is 3. The molecule has 0 aromatic heterocycles. The molecule has 1 fully saturated rings. The van der Waals surface area contributed by atoms with Crippen molar-refractivity contribution in [2.45, 2.75) is 25.8 Å². The average molecular weight is 269 g/mol. The number of phenols is 1. The van der Waals surface area contributed by atoms with E-state index in [1.54, 1.807) is 12.1 Å². The van der Waals surface area contributed by atoms with Crippen molar-refractivity contribution in [3.8, 4) is 5.75 Å². The van der Waals surface area contributed by atoms with Crippen molar-refractivity contribution < 1.29 is 5.11 Å². The quantitative estimate of drug-likeness (QED) is 0.806. The van der Waals surface area contributed by atoms with E-state index >= 15 is 0 Å². The summed E-state index contributed by atoms with van der Waals surface area (Å²) in [6.45, 7) is 5.08. The van der Waals surface area contributed by atoms with Crippen molar-refractivity contribution in [1.82, 2.24) is 10.2 Å². The maximum atomic E-state index is 9.70. The number of hydrogen-bond donors (Lipinski definition) is 2. The summed E-state index contributed by atoms with van der Waals surface area (Å²) in [5.41, 5.74) is 0.790. The van der Waals surface area contributed by atoms with Gasteiger partial charge in [-0.1, -0.05) is 24.1 Å². The van der Waals surface area contributed by atoms with E-state index in [2.05, 4.69) is 10.2 Å². The van der Waals surface area contributed by atoms with E-state index < -0.39 is 0 Å². The Hall–Kier alpha value is -0.770. The van der Waals surface area contributed by atoms with Gasteiger partial charge >= 0.3 is 0 Å². The lowest BCUT2D eigenvalue weighted by atomic mass is 10.1. The number of phenolic OH excluding ortho intramolecular Hbond substituents is 1. The zero-order valence-corrected chi connectivity index (χ0v) is 11.4. The van der Waals surface area contributed by atoms with Crippen LogP contribution in [0, 0.1) is 0 Å². The molecule has 1 heterocycles. The van der Waals surface area contributed by atoms with Crippen LogP contribution >= 0.6 is 11.6 Å². The molecule has 0 radical (unpaired) electrons. The van der Waals surface area contributed by atoms with Gasteiger partial charge in [0.25, 0.3) is 0 Å². The van der Waals surface area contributed by atoms with Crippen LogP contribution in [0.1, 0.15) is 24.8 Å². The predicted molar refractivity (Wildman–Crippen MR) is 75.1 cm³/mol. The molecule has 2 N–H and O–H groups in total. The van der Waals surface area contributed by atoms with Crippen LogP contribution in [0.2, 0.25) is 5.02 Å². The number of rotatable bonds is 5. The van der Waals surface area contributed by atoms with Gasteiger partial charge in [-0.05, 0) is 38.1 Å². The summed E-state index contributed by atoms with van der Waals surface area (Å²) in [6.07, 6.45) is 4.02. The van der Waals surface area contributed by atoms with E-state index in [0.29, 0.717) is 11.6 Å². The zero-order valence-electron chi connectivity index (χ0n) is 10.7. The molecule has 1 saturated heterocycles. The van der Waals surface area contributed by atoms with Crippen LogP contribution in [-0.2, 0) is 6.54 Å². The van der Waals surface area contributed by atoms with Crippen molar-refractivity contribution >= 4 is 11.6 Å². The van der Waals surface area contributed by atoms with Crippen LogP contribution in [0.25, 0.3) is 0 Å². The fraction of sp³-hybridized carbons (Fsp3) is 0.571. The predicted octanol–water partition coefficient (Wildman–Crippen LogP) is 2.62. The van der Waals surface area contributed by atoms with Crippen LogP contribution < -0.4 is 5.32 Å². The summed E-state index contributed by atoms with van der Waals surface area (Å²) in [5.74, 6) is 0.271. The number of likely N-dealkylation sites (tertiary alicyclic amines) is 1. The largest absolute Gasteiger partial charge is 0.508 e. The van der Waals surface area contributed by atoms with Crippen molar-refractivity contribution in [2.75, 3.05) is 26.2 Å². The van der Waals surface area contributed by atoms with Crippen LogP contribution in [0.4, 0.5) is 0 Å². The van der Waals surface area contributed by atoms with Gasteiger partial charge < -0.3 is 15.3 Å². The SMILES string of the molecule is Oc1cccc(Cl)c1CNCCN1CCCCC1. The molecule has 0 saturated carbocycles. The number of aromatic hydroxyl groups is 1. The van der Waals surface area contributed by atoms with Gasteiger partial charge in [0.2, 0.25) is 0 Å². The minimum absolute atomic E-state index is 0.271. The summed E-state index contributed by atoms with van der Waals surface area (Å²) in [4.78, 5) is 2.49. The molecule has 0 amide bonds. The standard InChI is InChI=1S/C14H21ClN2O/c15-13-5-4-6-14(18)12(13)11-16-7-10-17-8-2-1-3-9-17/h4-6,16,18H,1-3,7-11H2. The second kappa shape index (κ2) is 6.98. The normalized spacial score (nSPS) is 16.9. The molecule has 1 aromatic rings. The molecule has 4 heteroatoms. The topological polar surface area (TPSA) is 35.5 Å². The summed E-state index contributed by atoms with van der Waals surface area (Å²) in [5, 5.41) is 13.7. The minimum atomic E-state index is 0.271. The number of nitrogens with one attached hydrogen (secondary N) is 1. The maximum Gasteiger partial charge on any atom is 0.121 e. The number of piperidine rings is 1. The lowest BCUT2D eigenvalue weighted by Crippen LogP contribution is -2.35. The van der Waals surface area contributed by atoms with Gasteiger partial charge in [0.15, 0.2) is 0 Å². The van der Waals surface area contributed by atoms with Gasteiger partial charge in [-0.15, -0.1) is 0 Å². The smallest absolute Gasteiger partial charge is 0.121 e. The molecule has 0 bridgehead atoms. The third-order valence-corrected chi connectivity index (χ3v) is 3.80. The second-order valence-electron chi connectivity index (χ2n) is 4.82. The van der Waals surface area contributed by atoms with Crippen LogP contribution in [0.3, 0.4) is 0 Å². The fourth-order valence-electron chi connectivity index (χ4n) is 2.36. The molecule has 0 unspecified atom stereocenters. The molecule has 1 aliphatic rings. The lowest BCUT2D eigenvalue weighted by Gasteiger charge is -2.26. The Balaban J connectivity index is 1.71. The molecule has 1 aromatic carbocycles. The second-order valence-corrected chi connectivity index (χ2v) is 5.22. The van der Waals surface area contributed by atoms with Crippen molar-refractivity contribution in [1.29, 1.82) is 0 Å². The van der Waals surface area contributed by atoms with Crippen molar-refractivity contribution in [3.63, 3.8) is 0 Å². The summed E-state index contributed by atoms with van der Waals surface area (Å²) in [7, 11) is 0. The molecule has 3 nitrogen and oxygen atoms in total. The van der Waals surface area contributed by atoms with E-state index in [-0.39, 0.29) is 5.75 Å². The Morgan fingerprint density at radius 1 is 1.22 bits per heavy atom. The summed E-state index contributed by atoms with van der Waals surface area (Å²) >= 11 is 6.05. The Labute approximate surface area is 114 Å². The Morgan fingerprint density at radius 2 is 2.00 bits per heavy atom. The molecular weight excluding hydrogens is 248 g/mol. The molecule has 0 spiro atoms. The van der Waals surface area contributed by atoms with Crippen LogP contribution in [0.15, 0.2) is 18.2 Å². The number of halogens is 1. The molecule has 1 aliphatic heterocycles. The minimum Gasteiger partial charge on any atom is -0.508 e. The van der Waals surface area contributed by atoms with Gasteiger partial charge in [0, 0.05) is 30.2 Å². The first-order valence-electron chi connectivity index (χ1n) is 6.67. The number of benzene rings is 1. The van der Waals surface area contributed by atoms with Gasteiger partial charge in [-0.25, -0.2) is 0 Å². The number of nitrogens with zero attached hydrogens (tertiary/aromatic N) is 1. The third-order valence-electron chi connectivity index (χ3n) is 3.45. The van der Waals surface area contributed by atoms with Crippen LogP contribution in [-0.4, -0.2) is 36.2 Å². The fourth-order valence-corrected chi connectivity index (χ4v) is 2.59. The van der Waals surface area contributed by atoms with E-state index in [9.17, 15) is 5.11 Å². The monoisotopic (exact) mass is 268 g/mol. The highest BCUT2D eigenvalue weighted by atomic mass is 35.5. The molecule has 18 heavy (non-hydrogen) atoms. The van der Waals surface area contributed by atoms with Crippen LogP contribution in [0.5, 0.6) is 5.75 Å². The molecular formula is C14H21ClN2O. The Bertz CT molecular complexity index is 358. The van der Waals surface area contributed by atoms with Crippen molar-refractivity contribution in [3.05, 3.63) is 28.8 Å². The van der Waals surface area contributed by atoms with E-state index in [4.69, 9.17) is 11.6 Å². The molecule has 100 valence electrons. The van der Waals surface area contributed by atoms with Gasteiger partial charge in [-0.2, -0.15) is 0 Å². The molecule has 0 aliphatic carbocycles. The maximum absolute atomic E-state index is 9.70. The lowest BCUT2D eigenvalue weighted by molar-refractivity contribution is 0.229. The summed E-state index contributed by atoms with van der Waals surface area (Å²) in [6, 6.07) is 5.24. The Morgan fingerprint density at radius 3 is 2.72 bits per heavy atom. The van der Waals surface area contributed by atoms with Gasteiger partial charge in [0.1, 0.15) is 5.75 Å². The Kier molecular flexibility index (Phi) is 5.29. The first-order chi connectivity index (χ1) is 8.77. The highest BCUT2D eigenvalue weighted by Gasteiger charge is 2.09. The molecule has 0 atom stereocenters. The van der Waals surface area contributed by atoms with E-state index in [1.165, 1.54) is 32.4 Å². The van der Waals surface area contributed by atoms with E-state index in [0.717, 1.165) is 18.7 Å². The van der Waals surface area contributed by atoms with Gasteiger partial charge in [-0.3, -0.25) is 0 Å². The average Bonchev–Trinajstić information content (AvgIpc) is 2.38. The first-order valence-corrected chi connectivity index (χ1v) is 7.04. The zero-order chi connectivity index (χ0) is 12.8. The van der Waals surface area contributed by atoms with Gasteiger partial charge in [0.05, 0.1) is 0 Å². The van der Waals surface area contributed by atoms with Crippen molar-refractivity contribution in [2.24, 2.45) is 0 Å².